The Morgan fingerprint density at radius 2 is 1.82 bits per heavy atom. The van der Waals surface area contributed by atoms with Gasteiger partial charge in [-0.2, -0.15) is 0 Å². The molecule has 0 unspecified atom stereocenters. The van der Waals surface area contributed by atoms with Crippen LogP contribution in [0.5, 0.6) is 0 Å². The van der Waals surface area contributed by atoms with Gasteiger partial charge in [0.2, 0.25) is 5.91 Å². The molecule has 1 N–H and O–H groups in total. The standard InChI is InChI=1S/C12H22N2O3/c1-14(12(16)17-2)9-11(15)13-10-7-5-3-4-6-8-10/h10H,3-9H2,1-2H3,(H,13,15). The van der Waals surface area contributed by atoms with Gasteiger partial charge in [-0.3, -0.25) is 4.79 Å². The van der Waals surface area contributed by atoms with Crippen molar-refractivity contribution in [2.75, 3.05) is 20.7 Å². The minimum absolute atomic E-state index is 0.0587. The molecule has 1 fully saturated rings. The molecule has 5 heteroatoms. The molecule has 1 aliphatic carbocycles. The minimum Gasteiger partial charge on any atom is -0.453 e. The summed E-state index contributed by atoms with van der Waals surface area (Å²) in [7, 11) is 2.86. The molecule has 0 saturated heterocycles. The van der Waals surface area contributed by atoms with Crippen molar-refractivity contribution in [3.05, 3.63) is 0 Å². The van der Waals surface area contributed by atoms with Crippen molar-refractivity contribution in [3.63, 3.8) is 0 Å². The Balaban J connectivity index is 2.30. The van der Waals surface area contributed by atoms with E-state index in [-0.39, 0.29) is 18.5 Å². The number of ether oxygens (including phenoxy) is 1. The van der Waals surface area contributed by atoms with Gasteiger partial charge in [-0.25, -0.2) is 4.79 Å². The van der Waals surface area contributed by atoms with Gasteiger partial charge in [-0.15, -0.1) is 0 Å². The predicted molar refractivity (Wildman–Crippen MR) is 64.7 cm³/mol. The third-order valence-corrected chi connectivity index (χ3v) is 3.09. The lowest BCUT2D eigenvalue weighted by Gasteiger charge is -2.19. The average Bonchev–Trinajstić information content (AvgIpc) is 2.56. The molecule has 0 aromatic heterocycles. The van der Waals surface area contributed by atoms with Crippen LogP contribution in [0.1, 0.15) is 38.5 Å². The first-order valence-electron chi connectivity index (χ1n) is 6.22. The van der Waals surface area contributed by atoms with Gasteiger partial charge < -0.3 is 15.0 Å². The summed E-state index contributed by atoms with van der Waals surface area (Å²) in [5.74, 6) is -0.107. The lowest BCUT2D eigenvalue weighted by atomic mass is 10.1. The number of rotatable bonds is 3. The first-order valence-corrected chi connectivity index (χ1v) is 6.22. The number of amides is 2. The van der Waals surface area contributed by atoms with E-state index in [9.17, 15) is 9.59 Å². The molecule has 17 heavy (non-hydrogen) atoms. The third-order valence-electron chi connectivity index (χ3n) is 3.09. The Kier molecular flexibility index (Phi) is 5.80. The van der Waals surface area contributed by atoms with Crippen LogP contribution in [0.25, 0.3) is 0 Å². The molecule has 98 valence electrons. The van der Waals surface area contributed by atoms with E-state index in [1.807, 2.05) is 0 Å². The van der Waals surface area contributed by atoms with E-state index in [1.54, 1.807) is 7.05 Å². The summed E-state index contributed by atoms with van der Waals surface area (Å²) >= 11 is 0. The number of likely N-dealkylation sites (N-methyl/N-ethyl adjacent to an activating group) is 1. The Hall–Kier alpha value is -1.26. The van der Waals surface area contributed by atoms with E-state index in [4.69, 9.17) is 0 Å². The van der Waals surface area contributed by atoms with Crippen molar-refractivity contribution in [1.82, 2.24) is 10.2 Å². The highest BCUT2D eigenvalue weighted by atomic mass is 16.5. The van der Waals surface area contributed by atoms with E-state index in [0.717, 1.165) is 12.8 Å². The van der Waals surface area contributed by atoms with Crippen LogP contribution in [0.3, 0.4) is 0 Å². The SMILES string of the molecule is COC(=O)N(C)CC(=O)NC1CCCCCC1. The molecule has 1 saturated carbocycles. The maximum absolute atomic E-state index is 11.7. The Morgan fingerprint density at radius 1 is 1.24 bits per heavy atom. The topological polar surface area (TPSA) is 58.6 Å². The monoisotopic (exact) mass is 242 g/mol. The Morgan fingerprint density at radius 3 is 2.35 bits per heavy atom. The Labute approximate surface area is 102 Å². The lowest BCUT2D eigenvalue weighted by Crippen LogP contribution is -2.42. The summed E-state index contributed by atoms with van der Waals surface area (Å²) in [5, 5.41) is 2.98. The van der Waals surface area contributed by atoms with Gasteiger partial charge >= 0.3 is 6.09 Å². The number of carbonyl (C=O) groups excluding carboxylic acids is 2. The summed E-state index contributed by atoms with van der Waals surface area (Å²) in [5.41, 5.74) is 0. The number of nitrogens with one attached hydrogen (secondary N) is 1. The maximum Gasteiger partial charge on any atom is 0.409 e. The molecule has 0 heterocycles. The zero-order valence-electron chi connectivity index (χ0n) is 10.7. The summed E-state index contributed by atoms with van der Waals surface area (Å²) in [6, 6.07) is 0.274. The zero-order chi connectivity index (χ0) is 12.7. The summed E-state index contributed by atoms with van der Waals surface area (Å²) < 4.78 is 4.53. The second-order valence-electron chi connectivity index (χ2n) is 4.58. The van der Waals surface area contributed by atoms with Crippen LogP contribution in [-0.2, 0) is 9.53 Å². The van der Waals surface area contributed by atoms with Gasteiger partial charge in [0.05, 0.1) is 7.11 Å². The second kappa shape index (κ2) is 7.14. The van der Waals surface area contributed by atoms with Gasteiger partial charge in [0.25, 0.3) is 0 Å². The van der Waals surface area contributed by atoms with Crippen LogP contribution in [0.15, 0.2) is 0 Å². The van der Waals surface area contributed by atoms with Crippen molar-refractivity contribution in [2.45, 2.75) is 44.6 Å². The largest absolute Gasteiger partial charge is 0.453 e. The zero-order valence-corrected chi connectivity index (χ0v) is 10.7. The molecule has 5 nitrogen and oxygen atoms in total. The van der Waals surface area contributed by atoms with Gasteiger partial charge in [0, 0.05) is 13.1 Å². The molecule has 0 bridgehead atoms. The average molecular weight is 242 g/mol. The number of hydrogen-bond acceptors (Lipinski definition) is 3. The number of carbonyl (C=O) groups is 2. The highest BCUT2D eigenvalue weighted by Gasteiger charge is 2.17. The van der Waals surface area contributed by atoms with Crippen LogP contribution in [0, 0.1) is 0 Å². The molecule has 0 aromatic rings. The van der Waals surface area contributed by atoms with Crippen LogP contribution < -0.4 is 5.32 Å². The van der Waals surface area contributed by atoms with Gasteiger partial charge in [0.15, 0.2) is 0 Å². The van der Waals surface area contributed by atoms with Crippen LogP contribution in [0.2, 0.25) is 0 Å². The molecule has 1 rings (SSSR count). The van der Waals surface area contributed by atoms with Crippen molar-refractivity contribution in [1.29, 1.82) is 0 Å². The summed E-state index contributed by atoms with van der Waals surface area (Å²) in [6.07, 6.45) is 6.49. The predicted octanol–water partition coefficient (Wildman–Crippen LogP) is 1.52. The van der Waals surface area contributed by atoms with Crippen molar-refractivity contribution < 1.29 is 14.3 Å². The number of nitrogens with zero attached hydrogens (tertiary/aromatic N) is 1. The fourth-order valence-electron chi connectivity index (χ4n) is 2.13. The Bertz CT molecular complexity index is 260. The highest BCUT2D eigenvalue weighted by Crippen LogP contribution is 2.17. The van der Waals surface area contributed by atoms with Crippen LogP contribution in [0.4, 0.5) is 4.79 Å². The van der Waals surface area contributed by atoms with E-state index < -0.39 is 6.09 Å². The molecule has 0 aliphatic heterocycles. The molecule has 0 radical (unpaired) electrons. The third kappa shape index (κ3) is 5.06. The van der Waals surface area contributed by atoms with Crippen molar-refractivity contribution in [3.8, 4) is 0 Å². The van der Waals surface area contributed by atoms with Crippen molar-refractivity contribution >= 4 is 12.0 Å². The van der Waals surface area contributed by atoms with Crippen LogP contribution in [-0.4, -0.2) is 43.6 Å². The molecule has 0 aromatic carbocycles. The highest BCUT2D eigenvalue weighted by molar-refractivity contribution is 5.82. The normalized spacial score (nSPS) is 17.1. The minimum atomic E-state index is -0.485. The molecular weight excluding hydrogens is 220 g/mol. The van der Waals surface area contributed by atoms with E-state index in [0.29, 0.717) is 0 Å². The maximum atomic E-state index is 11.7. The number of hydrogen-bond donors (Lipinski definition) is 1. The molecule has 0 spiro atoms. The fourth-order valence-corrected chi connectivity index (χ4v) is 2.13. The first kappa shape index (κ1) is 13.8. The molecule has 1 aliphatic rings. The van der Waals surface area contributed by atoms with E-state index in [1.165, 1.54) is 37.7 Å². The van der Waals surface area contributed by atoms with Crippen LogP contribution >= 0.6 is 0 Å². The van der Waals surface area contributed by atoms with E-state index in [2.05, 4.69) is 10.1 Å². The van der Waals surface area contributed by atoms with Gasteiger partial charge in [0.1, 0.15) is 6.54 Å². The molecular formula is C12H22N2O3. The summed E-state index contributed by atoms with van der Waals surface area (Å²) in [4.78, 5) is 24.1. The fraction of sp³-hybridized carbons (Fsp3) is 0.833. The van der Waals surface area contributed by atoms with Crippen molar-refractivity contribution in [2.24, 2.45) is 0 Å². The summed E-state index contributed by atoms with van der Waals surface area (Å²) in [6.45, 7) is 0.0587. The van der Waals surface area contributed by atoms with E-state index >= 15 is 0 Å². The quantitative estimate of drug-likeness (QED) is 0.763. The smallest absolute Gasteiger partial charge is 0.409 e. The lowest BCUT2D eigenvalue weighted by molar-refractivity contribution is -0.122. The number of methoxy groups -OCH3 is 1. The molecule has 2 amide bonds. The molecule has 0 atom stereocenters. The first-order chi connectivity index (χ1) is 8.13. The van der Waals surface area contributed by atoms with Gasteiger partial charge in [-0.05, 0) is 12.8 Å². The second-order valence-corrected chi connectivity index (χ2v) is 4.58. The van der Waals surface area contributed by atoms with Gasteiger partial charge in [-0.1, -0.05) is 25.7 Å².